The van der Waals surface area contributed by atoms with Gasteiger partial charge in [-0.05, 0) is 72.6 Å². The van der Waals surface area contributed by atoms with Gasteiger partial charge in [-0.3, -0.25) is 4.79 Å². The van der Waals surface area contributed by atoms with Crippen LogP contribution in [0.3, 0.4) is 0 Å². The van der Waals surface area contributed by atoms with Gasteiger partial charge in [-0.15, -0.1) is 0 Å². The monoisotopic (exact) mass is 383 g/mol. The van der Waals surface area contributed by atoms with Crippen LogP contribution in [0.1, 0.15) is 18.4 Å². The van der Waals surface area contributed by atoms with Crippen LogP contribution >= 0.6 is 23.4 Å². The Morgan fingerprint density at radius 1 is 1.04 bits per heavy atom. The lowest BCUT2D eigenvalue weighted by Crippen LogP contribution is -2.19. The third-order valence-electron chi connectivity index (χ3n) is 4.37. The summed E-state index contributed by atoms with van der Waals surface area (Å²) in [6.45, 7) is 2.26. The van der Waals surface area contributed by atoms with E-state index in [0.29, 0.717) is 15.1 Å². The lowest BCUT2D eigenvalue weighted by atomic mass is 10.2. The summed E-state index contributed by atoms with van der Waals surface area (Å²) in [5.41, 5.74) is 3.02. The molecule has 0 unspecified atom stereocenters. The molecule has 2 heterocycles. The number of hydrogen-bond donors (Lipinski definition) is 1. The highest BCUT2D eigenvalue weighted by Gasteiger charge is 2.23. The molecule has 26 heavy (non-hydrogen) atoms. The average molecular weight is 384 g/mol. The van der Waals surface area contributed by atoms with Gasteiger partial charge in [0.05, 0.1) is 10.6 Å². The first-order chi connectivity index (χ1) is 12.7. The van der Waals surface area contributed by atoms with Crippen molar-refractivity contribution in [1.29, 1.82) is 0 Å². The molecule has 2 aliphatic heterocycles. The average Bonchev–Trinajstić information content (AvgIpc) is 3.28. The maximum absolute atomic E-state index is 12.2. The van der Waals surface area contributed by atoms with Crippen molar-refractivity contribution in [3.63, 3.8) is 0 Å². The van der Waals surface area contributed by atoms with Crippen LogP contribution in [0.25, 0.3) is 6.08 Å². The molecule has 0 bridgehead atoms. The summed E-state index contributed by atoms with van der Waals surface area (Å²) in [6.07, 6.45) is 4.43. The van der Waals surface area contributed by atoms with Gasteiger partial charge in [-0.1, -0.05) is 23.7 Å². The van der Waals surface area contributed by atoms with Crippen molar-refractivity contribution < 1.29 is 4.79 Å². The number of amides is 1. The minimum absolute atomic E-state index is 0.119. The van der Waals surface area contributed by atoms with Crippen LogP contribution in [-0.4, -0.2) is 24.2 Å². The Morgan fingerprint density at radius 2 is 1.73 bits per heavy atom. The number of nitrogens with zero attached hydrogens (tertiary/aromatic N) is 2. The second kappa shape index (κ2) is 7.56. The molecule has 0 spiro atoms. The van der Waals surface area contributed by atoms with Gasteiger partial charge >= 0.3 is 0 Å². The normalized spacial score (nSPS) is 20.2. The number of aliphatic imine (C=N–C) groups is 1. The number of anilines is 1. The smallest absolute Gasteiger partial charge is 0.264 e. The number of amidine groups is 1. The number of nitrogens with one attached hydrogen (secondary N) is 1. The highest BCUT2D eigenvalue weighted by molar-refractivity contribution is 8.18. The van der Waals surface area contributed by atoms with Gasteiger partial charge in [0.15, 0.2) is 5.17 Å². The number of hydrogen-bond acceptors (Lipinski definition) is 4. The first kappa shape index (κ1) is 17.2. The summed E-state index contributed by atoms with van der Waals surface area (Å²) in [7, 11) is 0. The summed E-state index contributed by atoms with van der Waals surface area (Å²) in [5, 5.41) is 4.05. The zero-order valence-corrected chi connectivity index (χ0v) is 15.7. The maximum atomic E-state index is 12.2. The molecular formula is C20H18ClN3OS. The van der Waals surface area contributed by atoms with Crippen molar-refractivity contribution in [3.05, 3.63) is 64.0 Å². The van der Waals surface area contributed by atoms with Gasteiger partial charge in [0.1, 0.15) is 0 Å². The van der Waals surface area contributed by atoms with Crippen molar-refractivity contribution >= 4 is 51.9 Å². The van der Waals surface area contributed by atoms with Crippen molar-refractivity contribution in [1.82, 2.24) is 5.32 Å². The predicted molar refractivity (Wildman–Crippen MR) is 110 cm³/mol. The van der Waals surface area contributed by atoms with E-state index in [1.807, 2.05) is 18.2 Å². The first-order valence-corrected chi connectivity index (χ1v) is 9.77. The summed E-state index contributed by atoms with van der Waals surface area (Å²) in [5.74, 6) is -0.119. The van der Waals surface area contributed by atoms with E-state index in [0.717, 1.165) is 24.3 Å². The predicted octanol–water partition coefficient (Wildman–Crippen LogP) is 4.83. The molecule has 1 amide bonds. The largest absolute Gasteiger partial charge is 0.372 e. The van der Waals surface area contributed by atoms with Crippen LogP contribution in [0.2, 0.25) is 5.02 Å². The summed E-state index contributed by atoms with van der Waals surface area (Å²) in [4.78, 5) is 19.7. The molecule has 2 aromatic carbocycles. The lowest BCUT2D eigenvalue weighted by molar-refractivity contribution is -0.115. The van der Waals surface area contributed by atoms with E-state index in [1.165, 1.54) is 30.3 Å². The summed E-state index contributed by atoms with van der Waals surface area (Å²) >= 11 is 7.23. The zero-order chi connectivity index (χ0) is 17.9. The van der Waals surface area contributed by atoms with Crippen LogP contribution in [0.5, 0.6) is 0 Å². The molecule has 0 saturated carbocycles. The Hall–Kier alpha value is -2.24. The van der Waals surface area contributed by atoms with Gasteiger partial charge in [-0.2, -0.15) is 0 Å². The molecule has 132 valence electrons. The van der Waals surface area contributed by atoms with Crippen molar-refractivity contribution in [3.8, 4) is 0 Å². The molecule has 6 heteroatoms. The summed E-state index contributed by atoms with van der Waals surface area (Å²) in [6, 6.07) is 15.6. The molecule has 2 aliphatic rings. The molecule has 4 rings (SSSR count). The number of carbonyl (C=O) groups is 1. The number of carbonyl (C=O) groups excluding carboxylic acids is 1. The number of thioether (sulfide) groups is 1. The molecule has 2 saturated heterocycles. The van der Waals surface area contributed by atoms with Gasteiger partial charge in [0.25, 0.3) is 5.91 Å². The molecule has 2 fully saturated rings. The van der Waals surface area contributed by atoms with E-state index in [9.17, 15) is 4.79 Å². The fourth-order valence-corrected chi connectivity index (χ4v) is 3.99. The lowest BCUT2D eigenvalue weighted by Gasteiger charge is -2.17. The van der Waals surface area contributed by atoms with E-state index < -0.39 is 0 Å². The topological polar surface area (TPSA) is 44.7 Å². The molecule has 4 nitrogen and oxygen atoms in total. The van der Waals surface area contributed by atoms with Gasteiger partial charge in [0.2, 0.25) is 0 Å². The van der Waals surface area contributed by atoms with Crippen LogP contribution in [0, 0.1) is 0 Å². The second-order valence-electron chi connectivity index (χ2n) is 6.24. The van der Waals surface area contributed by atoms with Crippen molar-refractivity contribution in [2.45, 2.75) is 12.8 Å². The quantitative estimate of drug-likeness (QED) is 0.772. The van der Waals surface area contributed by atoms with Crippen LogP contribution in [0.4, 0.5) is 11.4 Å². The summed E-state index contributed by atoms with van der Waals surface area (Å²) < 4.78 is 0. The number of halogens is 1. The fraction of sp³-hybridized carbons (Fsp3) is 0.200. The van der Waals surface area contributed by atoms with E-state index in [1.54, 1.807) is 12.1 Å². The van der Waals surface area contributed by atoms with E-state index in [2.05, 4.69) is 39.5 Å². The van der Waals surface area contributed by atoms with Crippen molar-refractivity contribution in [2.75, 3.05) is 18.0 Å². The molecule has 1 N–H and O–H groups in total. The number of benzene rings is 2. The standard InChI is InChI=1S/C20H18ClN3OS/c21-15-5-7-16(8-6-15)22-20-23-19(25)18(26-20)13-14-3-9-17(10-4-14)24-11-1-2-12-24/h3-10,13H,1-2,11-12H2,(H,22,23,25). The number of rotatable bonds is 3. The third-order valence-corrected chi connectivity index (χ3v) is 5.53. The molecule has 2 aromatic rings. The Balaban J connectivity index is 1.48. The van der Waals surface area contributed by atoms with E-state index >= 15 is 0 Å². The van der Waals surface area contributed by atoms with Crippen LogP contribution in [-0.2, 0) is 4.79 Å². The Morgan fingerprint density at radius 3 is 2.42 bits per heavy atom. The minimum atomic E-state index is -0.119. The van der Waals surface area contributed by atoms with Gasteiger partial charge < -0.3 is 10.2 Å². The van der Waals surface area contributed by atoms with Gasteiger partial charge in [0, 0.05) is 23.8 Å². The molecular weight excluding hydrogens is 366 g/mol. The van der Waals surface area contributed by atoms with Crippen molar-refractivity contribution in [2.24, 2.45) is 4.99 Å². The SMILES string of the molecule is O=C1NC(=Nc2ccc(Cl)cc2)SC1=Cc1ccc(N2CCCC2)cc1. The van der Waals surface area contributed by atoms with E-state index in [-0.39, 0.29) is 5.91 Å². The maximum Gasteiger partial charge on any atom is 0.264 e. The van der Waals surface area contributed by atoms with Gasteiger partial charge in [-0.25, -0.2) is 4.99 Å². The van der Waals surface area contributed by atoms with Crippen LogP contribution < -0.4 is 10.2 Å². The first-order valence-electron chi connectivity index (χ1n) is 8.57. The molecule has 0 radical (unpaired) electrons. The Bertz CT molecular complexity index is 869. The molecule has 0 aromatic heterocycles. The highest BCUT2D eigenvalue weighted by atomic mass is 35.5. The molecule has 0 aliphatic carbocycles. The van der Waals surface area contributed by atoms with Crippen LogP contribution in [0.15, 0.2) is 58.4 Å². The minimum Gasteiger partial charge on any atom is -0.372 e. The molecule has 0 atom stereocenters. The fourth-order valence-electron chi connectivity index (χ4n) is 3.02. The second-order valence-corrected chi connectivity index (χ2v) is 7.71. The third kappa shape index (κ3) is 3.94. The Labute approximate surface area is 161 Å². The Kier molecular flexibility index (Phi) is 5.00. The van der Waals surface area contributed by atoms with E-state index in [4.69, 9.17) is 11.6 Å². The highest BCUT2D eigenvalue weighted by Crippen LogP contribution is 2.29. The zero-order valence-electron chi connectivity index (χ0n) is 14.1.